The summed E-state index contributed by atoms with van der Waals surface area (Å²) in [5.74, 6) is 0.347. The van der Waals surface area contributed by atoms with E-state index >= 15 is 0 Å². The number of quaternary nitrogens is 1. The Kier molecular flexibility index (Phi) is 10.7. The predicted molar refractivity (Wildman–Crippen MR) is 63.8 cm³/mol. The van der Waals surface area contributed by atoms with E-state index in [0.29, 0.717) is 5.88 Å². The molecule has 0 amide bonds. The molecule has 0 saturated heterocycles. The van der Waals surface area contributed by atoms with Crippen molar-refractivity contribution in [2.24, 2.45) is 0 Å². The first-order chi connectivity index (χ1) is 7.37. The van der Waals surface area contributed by atoms with Crippen LogP contribution in [0, 0.1) is 15.3 Å². The van der Waals surface area contributed by atoms with Crippen LogP contribution in [-0.4, -0.2) is 52.8 Å². The molecule has 0 aliphatic rings. The van der Waals surface area contributed by atoms with Crippen LogP contribution in [0.3, 0.4) is 0 Å². The van der Waals surface area contributed by atoms with Crippen molar-refractivity contribution in [1.82, 2.24) is 0 Å². The molecule has 0 heterocycles. The Bertz CT molecular complexity index is 176. The number of aliphatic hydroxyl groups excluding tert-OH is 1. The molecule has 0 bridgehead atoms. The maximum atomic E-state index is 9.44. The van der Waals surface area contributed by atoms with E-state index in [0.717, 1.165) is 30.7 Å². The molecule has 1 unspecified atom stereocenters. The van der Waals surface area contributed by atoms with Crippen LogP contribution in [-0.2, 0) is 0 Å². The third-order valence-electron chi connectivity index (χ3n) is 2.79. The van der Waals surface area contributed by atoms with Crippen molar-refractivity contribution in [3.63, 3.8) is 0 Å². The lowest BCUT2D eigenvalue weighted by molar-refractivity contribution is -0.925. The topological polar surface area (TPSA) is 86.4 Å². The van der Waals surface area contributed by atoms with Crippen LogP contribution in [0.5, 0.6) is 0 Å². The summed E-state index contributed by atoms with van der Waals surface area (Å²) in [6, 6.07) is 0. The summed E-state index contributed by atoms with van der Waals surface area (Å²) in [4.78, 5) is 8.25. The average Bonchev–Trinajstić information content (AvgIpc) is 2.25. The van der Waals surface area contributed by atoms with Crippen LogP contribution < -0.4 is 0 Å². The summed E-state index contributed by atoms with van der Waals surface area (Å²) in [5.41, 5.74) is 0. The molecule has 0 saturated carbocycles. The molecule has 0 aromatic rings. The number of hydrogen-bond acceptors (Lipinski definition) is 4. The minimum Gasteiger partial charge on any atom is -0.386 e. The summed E-state index contributed by atoms with van der Waals surface area (Å²) in [7, 11) is 0. The highest BCUT2D eigenvalue weighted by Gasteiger charge is 2.24. The highest BCUT2D eigenvalue weighted by atomic mass is 35.5. The van der Waals surface area contributed by atoms with Gasteiger partial charge in [0.15, 0.2) is 0 Å². The zero-order chi connectivity index (χ0) is 13.2. The molecule has 0 aromatic carbocycles. The largest absolute Gasteiger partial charge is 0.386 e. The molecule has 0 spiro atoms. The Morgan fingerprint density at radius 2 is 1.56 bits per heavy atom. The second kappa shape index (κ2) is 9.62. The third-order valence-corrected chi connectivity index (χ3v) is 3.14. The smallest absolute Gasteiger partial charge is 0.116 e. The van der Waals surface area contributed by atoms with Gasteiger partial charge in [0, 0.05) is 0 Å². The maximum Gasteiger partial charge on any atom is 0.116 e. The van der Waals surface area contributed by atoms with E-state index in [4.69, 9.17) is 26.9 Å². The summed E-state index contributed by atoms with van der Waals surface area (Å²) in [6.07, 6.45) is -0.355. The molecule has 0 radical (unpaired) electrons. The van der Waals surface area contributed by atoms with Crippen molar-refractivity contribution >= 4 is 11.6 Å². The lowest BCUT2D eigenvalue weighted by atomic mass is 10.2. The van der Waals surface area contributed by atoms with E-state index < -0.39 is 5.09 Å². The van der Waals surface area contributed by atoms with Gasteiger partial charge in [0.2, 0.25) is 0 Å². The molecule has 98 valence electrons. The van der Waals surface area contributed by atoms with Gasteiger partial charge in [-0.2, -0.15) is 0 Å². The van der Waals surface area contributed by atoms with Crippen LogP contribution in [0.15, 0.2) is 0 Å². The van der Waals surface area contributed by atoms with Crippen LogP contribution in [0.4, 0.5) is 0 Å². The molecule has 7 heteroatoms. The highest BCUT2D eigenvalue weighted by Crippen LogP contribution is 2.07. The monoisotopic (exact) mass is 256 g/mol. The van der Waals surface area contributed by atoms with E-state index in [1.165, 1.54) is 0 Å². The average molecular weight is 257 g/mol. The molecule has 0 aliphatic heterocycles. The van der Waals surface area contributed by atoms with Crippen LogP contribution >= 0.6 is 11.6 Å². The van der Waals surface area contributed by atoms with E-state index in [1.807, 2.05) is 0 Å². The quantitative estimate of drug-likeness (QED) is 0.335. The molecular formula is C9H21ClN2O4. The highest BCUT2D eigenvalue weighted by molar-refractivity contribution is 6.18. The SMILES string of the molecule is CC[N+](CC)(CC)CC(O)CCl.O=[N+]([O-])[O-]. The van der Waals surface area contributed by atoms with Gasteiger partial charge in [-0.1, -0.05) is 0 Å². The van der Waals surface area contributed by atoms with Crippen LogP contribution in [0.1, 0.15) is 20.8 Å². The minimum atomic E-state index is -1.75. The molecule has 1 atom stereocenters. The number of likely N-dealkylation sites (N-methyl/N-ethyl adjacent to an activating group) is 1. The minimum absolute atomic E-state index is 0.347. The molecule has 0 aliphatic carbocycles. The van der Waals surface area contributed by atoms with Crippen LogP contribution in [0.2, 0.25) is 0 Å². The number of hydrogen-bond donors (Lipinski definition) is 1. The van der Waals surface area contributed by atoms with E-state index in [1.54, 1.807) is 0 Å². The lowest BCUT2D eigenvalue weighted by Gasteiger charge is -2.37. The number of nitrogens with zero attached hydrogens (tertiary/aromatic N) is 2. The van der Waals surface area contributed by atoms with Gasteiger partial charge in [-0.25, -0.2) is 0 Å². The summed E-state index contributed by atoms with van der Waals surface area (Å²) in [5, 5.41) is 24.2. The fraction of sp³-hybridized carbons (Fsp3) is 1.00. The Morgan fingerprint density at radius 3 is 1.75 bits per heavy atom. The van der Waals surface area contributed by atoms with Crippen molar-refractivity contribution in [2.45, 2.75) is 26.9 Å². The van der Waals surface area contributed by atoms with Gasteiger partial charge in [-0.3, -0.25) is 0 Å². The molecule has 16 heavy (non-hydrogen) atoms. The van der Waals surface area contributed by atoms with Crippen molar-refractivity contribution < 1.29 is 14.7 Å². The first kappa shape index (κ1) is 17.8. The van der Waals surface area contributed by atoms with Gasteiger partial charge >= 0.3 is 0 Å². The fourth-order valence-electron chi connectivity index (χ4n) is 1.55. The normalized spacial score (nSPS) is 12.6. The number of halogens is 1. The Labute approximate surface area is 101 Å². The van der Waals surface area contributed by atoms with Crippen molar-refractivity contribution in [3.8, 4) is 0 Å². The van der Waals surface area contributed by atoms with Gasteiger partial charge in [-0.05, 0) is 20.8 Å². The first-order valence-corrected chi connectivity index (χ1v) is 5.81. The zero-order valence-corrected chi connectivity index (χ0v) is 10.8. The summed E-state index contributed by atoms with van der Waals surface area (Å²) < 4.78 is 0.966. The second-order valence-corrected chi connectivity index (χ2v) is 3.81. The number of alkyl halides is 1. The van der Waals surface area contributed by atoms with E-state index in [9.17, 15) is 5.11 Å². The maximum absolute atomic E-state index is 9.44. The fourth-order valence-corrected chi connectivity index (χ4v) is 1.65. The Morgan fingerprint density at radius 1 is 1.25 bits per heavy atom. The molecule has 0 aromatic heterocycles. The predicted octanol–water partition coefficient (Wildman–Crippen LogP) is 1.22. The Hall–Kier alpha value is -0.590. The molecular weight excluding hydrogens is 236 g/mol. The van der Waals surface area contributed by atoms with E-state index in [-0.39, 0.29) is 6.10 Å². The van der Waals surface area contributed by atoms with Crippen molar-refractivity contribution in [3.05, 3.63) is 15.3 Å². The van der Waals surface area contributed by atoms with Crippen LogP contribution in [0.25, 0.3) is 0 Å². The van der Waals surface area contributed by atoms with Gasteiger partial charge in [0.05, 0.1) is 30.6 Å². The molecule has 6 nitrogen and oxygen atoms in total. The second-order valence-electron chi connectivity index (χ2n) is 3.50. The van der Waals surface area contributed by atoms with Crippen molar-refractivity contribution in [1.29, 1.82) is 0 Å². The summed E-state index contributed by atoms with van der Waals surface area (Å²) >= 11 is 5.57. The van der Waals surface area contributed by atoms with Gasteiger partial charge < -0.3 is 24.9 Å². The molecule has 0 rings (SSSR count). The zero-order valence-electron chi connectivity index (χ0n) is 10.1. The number of aliphatic hydroxyl groups is 1. The Balaban J connectivity index is 0. The first-order valence-electron chi connectivity index (χ1n) is 5.28. The third kappa shape index (κ3) is 8.70. The van der Waals surface area contributed by atoms with Gasteiger partial charge in [0.1, 0.15) is 12.6 Å². The van der Waals surface area contributed by atoms with Gasteiger partial charge in [-0.15, -0.1) is 11.6 Å². The lowest BCUT2D eigenvalue weighted by Crippen LogP contribution is -2.52. The standard InChI is InChI=1S/C9H21ClNO.NO3/c1-4-11(5-2,6-3)8-9(12)7-10;2-1(3)4/h9,12H,4-8H2,1-3H3;/q+1;-1. The van der Waals surface area contributed by atoms with Gasteiger partial charge in [0.25, 0.3) is 0 Å². The summed E-state index contributed by atoms with van der Waals surface area (Å²) in [6.45, 7) is 10.5. The van der Waals surface area contributed by atoms with Crippen molar-refractivity contribution in [2.75, 3.05) is 32.1 Å². The van der Waals surface area contributed by atoms with E-state index in [2.05, 4.69) is 20.8 Å². The molecule has 1 N–H and O–H groups in total. The number of rotatable bonds is 6. The molecule has 0 fully saturated rings.